The van der Waals surface area contributed by atoms with Crippen molar-refractivity contribution in [2.24, 2.45) is 0 Å². The minimum Gasteiger partial charge on any atom is -0.468 e. The van der Waals surface area contributed by atoms with E-state index in [1.54, 1.807) is 29.6 Å². The number of ether oxygens (including phenoxy) is 1. The summed E-state index contributed by atoms with van der Waals surface area (Å²) in [6, 6.07) is 3.81. The van der Waals surface area contributed by atoms with Crippen LogP contribution in [0.4, 0.5) is 5.82 Å². The summed E-state index contributed by atoms with van der Waals surface area (Å²) in [6.07, 6.45) is 3.11. The number of furan rings is 1. The number of aromatic nitrogens is 2. The minimum atomic E-state index is -0.431. The molecule has 0 unspecified atom stereocenters. The van der Waals surface area contributed by atoms with Crippen molar-refractivity contribution in [2.45, 2.75) is 19.2 Å². The summed E-state index contributed by atoms with van der Waals surface area (Å²) in [5.74, 6) is 2.49. The molecular formula is C13H17N3O3S. The zero-order valence-corrected chi connectivity index (χ0v) is 12.1. The van der Waals surface area contributed by atoms with Crippen LogP contribution in [-0.4, -0.2) is 28.1 Å². The van der Waals surface area contributed by atoms with Gasteiger partial charge in [0.2, 0.25) is 0 Å². The lowest BCUT2D eigenvalue weighted by molar-refractivity contribution is 0.0527. The van der Waals surface area contributed by atoms with Gasteiger partial charge in [0.1, 0.15) is 17.1 Å². The van der Waals surface area contributed by atoms with Crippen molar-refractivity contribution in [3.05, 3.63) is 35.9 Å². The van der Waals surface area contributed by atoms with Crippen LogP contribution in [0.25, 0.3) is 0 Å². The molecule has 0 atom stereocenters. The third-order valence-electron chi connectivity index (χ3n) is 2.65. The van der Waals surface area contributed by atoms with Gasteiger partial charge in [-0.25, -0.2) is 9.48 Å². The molecule has 0 saturated heterocycles. The molecule has 2 heterocycles. The van der Waals surface area contributed by atoms with E-state index in [0.717, 1.165) is 17.3 Å². The highest BCUT2D eigenvalue weighted by atomic mass is 32.2. The number of esters is 1. The van der Waals surface area contributed by atoms with Crippen LogP contribution in [0.15, 0.2) is 29.0 Å². The largest absolute Gasteiger partial charge is 0.468 e. The van der Waals surface area contributed by atoms with E-state index < -0.39 is 5.97 Å². The highest BCUT2D eigenvalue weighted by Gasteiger charge is 2.15. The number of thioether (sulfide) groups is 1. The van der Waals surface area contributed by atoms with E-state index in [4.69, 9.17) is 14.9 Å². The molecule has 7 heteroatoms. The normalized spacial score (nSPS) is 10.7. The number of nitrogens with zero attached hydrogens (tertiary/aromatic N) is 2. The molecule has 20 heavy (non-hydrogen) atoms. The fourth-order valence-electron chi connectivity index (χ4n) is 1.66. The number of carbonyl (C=O) groups is 1. The monoisotopic (exact) mass is 295 g/mol. The van der Waals surface area contributed by atoms with Gasteiger partial charge in [-0.3, -0.25) is 0 Å². The fraction of sp³-hybridized carbons (Fsp3) is 0.385. The Bertz CT molecular complexity index is 551. The van der Waals surface area contributed by atoms with E-state index in [2.05, 4.69) is 5.10 Å². The molecule has 2 aromatic rings. The lowest BCUT2D eigenvalue weighted by Gasteiger charge is -2.04. The van der Waals surface area contributed by atoms with Gasteiger partial charge in [-0.15, -0.1) is 0 Å². The standard InChI is InChI=1S/C13H17N3O3S/c1-2-18-13(17)11-8-15-16(12(11)14)5-7-20-9-10-4-3-6-19-10/h3-4,6,8H,2,5,7,9,14H2,1H3. The Balaban J connectivity index is 1.82. The van der Waals surface area contributed by atoms with Crippen molar-refractivity contribution in [3.8, 4) is 0 Å². The number of anilines is 1. The van der Waals surface area contributed by atoms with Gasteiger partial charge >= 0.3 is 5.97 Å². The van der Waals surface area contributed by atoms with E-state index in [0.29, 0.717) is 24.5 Å². The van der Waals surface area contributed by atoms with Crippen LogP contribution in [0, 0.1) is 0 Å². The molecular weight excluding hydrogens is 278 g/mol. The topological polar surface area (TPSA) is 83.3 Å². The van der Waals surface area contributed by atoms with Crippen LogP contribution in [0.1, 0.15) is 23.0 Å². The summed E-state index contributed by atoms with van der Waals surface area (Å²) in [5.41, 5.74) is 6.21. The Morgan fingerprint density at radius 3 is 3.15 bits per heavy atom. The third-order valence-corrected chi connectivity index (χ3v) is 3.61. The first-order chi connectivity index (χ1) is 9.72. The average molecular weight is 295 g/mol. The van der Waals surface area contributed by atoms with Crippen molar-refractivity contribution >= 4 is 23.5 Å². The summed E-state index contributed by atoms with van der Waals surface area (Å²) >= 11 is 1.72. The molecule has 2 rings (SSSR count). The van der Waals surface area contributed by atoms with Gasteiger partial charge in [-0.2, -0.15) is 16.9 Å². The second-order valence-electron chi connectivity index (χ2n) is 4.02. The number of aryl methyl sites for hydroxylation is 1. The SMILES string of the molecule is CCOC(=O)c1cnn(CCSCc2ccco2)c1N. The molecule has 0 fully saturated rings. The molecule has 0 bridgehead atoms. The zero-order valence-electron chi connectivity index (χ0n) is 11.2. The quantitative estimate of drug-likeness (QED) is 0.622. The van der Waals surface area contributed by atoms with Crippen molar-refractivity contribution in [1.29, 1.82) is 0 Å². The van der Waals surface area contributed by atoms with E-state index in [-0.39, 0.29) is 0 Å². The molecule has 2 aromatic heterocycles. The van der Waals surface area contributed by atoms with Crippen molar-refractivity contribution in [1.82, 2.24) is 9.78 Å². The predicted molar refractivity (Wildman–Crippen MR) is 77.5 cm³/mol. The summed E-state index contributed by atoms with van der Waals surface area (Å²) in [6.45, 7) is 2.71. The second kappa shape index (κ2) is 7.04. The molecule has 0 aromatic carbocycles. The van der Waals surface area contributed by atoms with Crippen LogP contribution < -0.4 is 5.73 Å². The molecule has 0 aliphatic heterocycles. The molecule has 0 spiro atoms. The number of rotatable bonds is 7. The Morgan fingerprint density at radius 2 is 2.45 bits per heavy atom. The van der Waals surface area contributed by atoms with Gasteiger partial charge in [0.25, 0.3) is 0 Å². The molecule has 0 aliphatic rings. The van der Waals surface area contributed by atoms with E-state index >= 15 is 0 Å². The predicted octanol–water partition coefficient (Wildman–Crippen LogP) is 2.17. The van der Waals surface area contributed by atoms with Crippen LogP contribution in [0.5, 0.6) is 0 Å². The fourth-order valence-corrected chi connectivity index (χ4v) is 2.47. The maximum Gasteiger partial charge on any atom is 0.343 e. The van der Waals surface area contributed by atoms with Gasteiger partial charge in [0.05, 0.1) is 31.4 Å². The van der Waals surface area contributed by atoms with E-state index in [1.807, 2.05) is 12.1 Å². The van der Waals surface area contributed by atoms with Crippen LogP contribution in [0.2, 0.25) is 0 Å². The maximum absolute atomic E-state index is 11.6. The summed E-state index contributed by atoms with van der Waals surface area (Å²) in [7, 11) is 0. The van der Waals surface area contributed by atoms with E-state index in [9.17, 15) is 4.79 Å². The summed E-state index contributed by atoms with van der Waals surface area (Å²) in [5, 5.41) is 4.11. The first-order valence-corrected chi connectivity index (χ1v) is 7.46. The van der Waals surface area contributed by atoms with Gasteiger partial charge in [0, 0.05) is 5.75 Å². The lowest BCUT2D eigenvalue weighted by Crippen LogP contribution is -2.10. The maximum atomic E-state index is 11.6. The van der Waals surface area contributed by atoms with Crippen molar-refractivity contribution in [2.75, 3.05) is 18.1 Å². The third kappa shape index (κ3) is 3.57. The van der Waals surface area contributed by atoms with Crippen LogP contribution in [0.3, 0.4) is 0 Å². The molecule has 0 radical (unpaired) electrons. The second-order valence-corrected chi connectivity index (χ2v) is 5.12. The Kier molecular flexibility index (Phi) is 5.11. The highest BCUT2D eigenvalue weighted by molar-refractivity contribution is 7.98. The first-order valence-electron chi connectivity index (χ1n) is 6.31. The number of nitrogen functional groups attached to an aromatic ring is 1. The minimum absolute atomic E-state index is 0.322. The smallest absolute Gasteiger partial charge is 0.343 e. The van der Waals surface area contributed by atoms with Crippen molar-refractivity contribution < 1.29 is 13.9 Å². The number of nitrogens with two attached hydrogens (primary N) is 1. The highest BCUT2D eigenvalue weighted by Crippen LogP contribution is 2.16. The average Bonchev–Trinajstić information content (AvgIpc) is 3.05. The van der Waals surface area contributed by atoms with Gasteiger partial charge in [-0.05, 0) is 19.1 Å². The Labute approximate surface area is 121 Å². The zero-order chi connectivity index (χ0) is 14.4. The molecule has 0 saturated carbocycles. The molecule has 0 aliphatic carbocycles. The summed E-state index contributed by atoms with van der Waals surface area (Å²) in [4.78, 5) is 11.6. The molecule has 108 valence electrons. The number of carbonyl (C=O) groups excluding carboxylic acids is 1. The Hall–Kier alpha value is -1.89. The summed E-state index contributed by atoms with van der Waals surface area (Å²) < 4.78 is 11.8. The van der Waals surface area contributed by atoms with Gasteiger partial charge < -0.3 is 14.9 Å². The van der Waals surface area contributed by atoms with Crippen LogP contribution >= 0.6 is 11.8 Å². The first kappa shape index (κ1) is 14.5. The lowest BCUT2D eigenvalue weighted by atomic mass is 10.3. The van der Waals surface area contributed by atoms with Gasteiger partial charge in [0.15, 0.2) is 0 Å². The van der Waals surface area contributed by atoms with Crippen LogP contribution in [-0.2, 0) is 17.0 Å². The number of hydrogen-bond acceptors (Lipinski definition) is 6. The van der Waals surface area contributed by atoms with Crippen molar-refractivity contribution in [3.63, 3.8) is 0 Å². The molecule has 2 N–H and O–H groups in total. The molecule has 0 amide bonds. The number of hydrogen-bond donors (Lipinski definition) is 1. The molecule has 6 nitrogen and oxygen atoms in total. The van der Waals surface area contributed by atoms with Gasteiger partial charge in [-0.1, -0.05) is 0 Å². The van der Waals surface area contributed by atoms with E-state index in [1.165, 1.54) is 6.20 Å². The Morgan fingerprint density at radius 1 is 1.60 bits per heavy atom.